The fourth-order valence-corrected chi connectivity index (χ4v) is 4.60. The molecule has 10 nitrogen and oxygen atoms in total. The van der Waals surface area contributed by atoms with Crippen LogP contribution in [0.5, 0.6) is 0 Å². The number of likely N-dealkylation sites (N-methyl/N-ethyl adjacent to an activating group) is 1. The van der Waals surface area contributed by atoms with E-state index >= 15 is 0 Å². The van der Waals surface area contributed by atoms with Crippen LogP contribution in [0.1, 0.15) is 19.8 Å². The third-order valence-corrected chi connectivity index (χ3v) is 6.32. The smallest absolute Gasteiger partial charge is 0.319 e. The fraction of sp³-hybridized carbons (Fsp3) is 0.500. The van der Waals surface area contributed by atoms with Crippen LogP contribution in [-0.2, 0) is 11.3 Å². The third-order valence-electron chi connectivity index (χ3n) is 6.32. The largest absolute Gasteiger partial charge is 0.371 e. The number of morpholine rings is 1. The molecule has 2 bridgehead atoms. The Labute approximate surface area is 199 Å². The van der Waals surface area contributed by atoms with Crippen molar-refractivity contribution in [3.63, 3.8) is 0 Å². The van der Waals surface area contributed by atoms with Gasteiger partial charge in [0.2, 0.25) is 0 Å². The first kappa shape index (κ1) is 22.5. The number of amides is 2. The molecule has 2 fully saturated rings. The lowest BCUT2D eigenvalue weighted by Crippen LogP contribution is -2.43. The van der Waals surface area contributed by atoms with Gasteiger partial charge in [-0.15, -0.1) is 0 Å². The Morgan fingerprint density at radius 1 is 1.15 bits per heavy atom. The highest BCUT2D eigenvalue weighted by molar-refractivity contribution is 5.90. The van der Waals surface area contributed by atoms with Crippen LogP contribution in [0.15, 0.2) is 30.5 Å². The minimum atomic E-state index is -0.220. The second-order valence-electron chi connectivity index (χ2n) is 9.20. The number of fused-ring (bicyclic) bond motifs is 3. The Bertz CT molecular complexity index is 1150. The molecule has 2 N–H and O–H groups in total. The maximum absolute atomic E-state index is 11.8. The summed E-state index contributed by atoms with van der Waals surface area (Å²) in [4.78, 5) is 26.2. The number of rotatable bonds is 7. The second kappa shape index (κ2) is 9.55. The first-order valence-electron chi connectivity index (χ1n) is 11.9. The maximum atomic E-state index is 11.8. The number of ether oxygens (including phenoxy) is 1. The third kappa shape index (κ3) is 4.69. The zero-order chi connectivity index (χ0) is 23.7. The van der Waals surface area contributed by atoms with Gasteiger partial charge in [0.05, 0.1) is 30.3 Å². The van der Waals surface area contributed by atoms with Crippen molar-refractivity contribution in [2.75, 3.05) is 50.5 Å². The standard InChI is InChI=1S/C24H32N8O2/c1-4-25-24(33)27-17-7-5-16(6-8-17)21-28-22(31-14-18-9-10-19(15-31)34-18)20-13-26-32(23(20)29-21)12-11-30(2)3/h5-8,13,18-19H,4,9-12,14-15H2,1-3H3,(H2,25,27,33). The highest BCUT2D eigenvalue weighted by atomic mass is 16.5. The monoisotopic (exact) mass is 464 g/mol. The predicted octanol–water partition coefficient (Wildman–Crippen LogP) is 2.56. The Morgan fingerprint density at radius 2 is 1.88 bits per heavy atom. The molecule has 2 atom stereocenters. The van der Waals surface area contributed by atoms with Gasteiger partial charge in [0.1, 0.15) is 5.82 Å². The number of benzene rings is 1. The normalized spacial score (nSPS) is 19.7. The summed E-state index contributed by atoms with van der Waals surface area (Å²) >= 11 is 0. The summed E-state index contributed by atoms with van der Waals surface area (Å²) in [6.45, 7) is 5.74. The molecule has 10 heteroatoms. The van der Waals surface area contributed by atoms with Crippen LogP contribution in [0.2, 0.25) is 0 Å². The van der Waals surface area contributed by atoms with Crippen LogP contribution in [0, 0.1) is 0 Å². The summed E-state index contributed by atoms with van der Waals surface area (Å²) in [5.74, 6) is 1.57. The van der Waals surface area contributed by atoms with Crippen molar-refractivity contribution in [2.24, 2.45) is 0 Å². The van der Waals surface area contributed by atoms with E-state index in [0.717, 1.165) is 67.1 Å². The molecule has 34 heavy (non-hydrogen) atoms. The van der Waals surface area contributed by atoms with Gasteiger partial charge in [-0.3, -0.25) is 0 Å². The molecule has 2 saturated heterocycles. The van der Waals surface area contributed by atoms with Gasteiger partial charge in [0.15, 0.2) is 11.5 Å². The number of hydrogen-bond acceptors (Lipinski definition) is 7. The molecule has 2 unspecified atom stereocenters. The quantitative estimate of drug-likeness (QED) is 0.554. The SMILES string of the molecule is CCNC(=O)Nc1ccc(-c2nc(N3CC4CCC(C3)O4)c3cnn(CCN(C)C)c3n2)cc1. The number of anilines is 2. The number of hydrogen-bond donors (Lipinski definition) is 2. The molecular weight excluding hydrogens is 432 g/mol. The molecule has 3 aromatic rings. The van der Waals surface area contributed by atoms with Crippen molar-refractivity contribution in [3.05, 3.63) is 30.5 Å². The molecule has 5 rings (SSSR count). The molecule has 2 aliphatic rings. The average molecular weight is 465 g/mol. The van der Waals surface area contributed by atoms with Gasteiger partial charge < -0.3 is 25.2 Å². The highest BCUT2D eigenvalue weighted by Gasteiger charge is 2.35. The topological polar surface area (TPSA) is 100 Å². The van der Waals surface area contributed by atoms with Gasteiger partial charge in [-0.05, 0) is 58.1 Å². The number of carbonyl (C=O) groups excluding carboxylic acids is 1. The van der Waals surface area contributed by atoms with Crippen LogP contribution < -0.4 is 15.5 Å². The van der Waals surface area contributed by atoms with E-state index in [1.54, 1.807) is 0 Å². The lowest BCUT2D eigenvalue weighted by Gasteiger charge is -2.33. The summed E-state index contributed by atoms with van der Waals surface area (Å²) in [5, 5.41) is 11.2. The number of aromatic nitrogens is 4. The second-order valence-corrected chi connectivity index (χ2v) is 9.20. The van der Waals surface area contributed by atoms with Crippen LogP contribution in [-0.4, -0.2) is 83.2 Å². The Morgan fingerprint density at radius 3 is 2.56 bits per heavy atom. The zero-order valence-electron chi connectivity index (χ0n) is 20.0. The average Bonchev–Trinajstić information content (AvgIpc) is 3.39. The summed E-state index contributed by atoms with van der Waals surface area (Å²) in [6, 6.07) is 7.40. The highest BCUT2D eigenvalue weighted by Crippen LogP contribution is 2.33. The van der Waals surface area contributed by atoms with E-state index in [4.69, 9.17) is 14.7 Å². The Hall–Kier alpha value is -3.24. The molecule has 180 valence electrons. The van der Waals surface area contributed by atoms with Crippen molar-refractivity contribution in [3.8, 4) is 11.4 Å². The lowest BCUT2D eigenvalue weighted by atomic mass is 10.2. The van der Waals surface area contributed by atoms with Crippen LogP contribution >= 0.6 is 0 Å². The Balaban J connectivity index is 1.50. The van der Waals surface area contributed by atoms with Crippen molar-refractivity contribution in [1.29, 1.82) is 0 Å². The number of urea groups is 1. The van der Waals surface area contributed by atoms with E-state index in [1.807, 2.05) is 42.1 Å². The summed E-state index contributed by atoms with van der Waals surface area (Å²) in [7, 11) is 4.11. The van der Waals surface area contributed by atoms with Gasteiger partial charge in [0.25, 0.3) is 0 Å². The van der Waals surface area contributed by atoms with Crippen molar-refractivity contribution < 1.29 is 9.53 Å². The van der Waals surface area contributed by atoms with Gasteiger partial charge in [-0.25, -0.2) is 19.4 Å². The van der Waals surface area contributed by atoms with Crippen LogP contribution in [0.25, 0.3) is 22.4 Å². The van der Waals surface area contributed by atoms with Crippen molar-refractivity contribution in [1.82, 2.24) is 30.0 Å². The summed E-state index contributed by atoms with van der Waals surface area (Å²) in [6.07, 6.45) is 4.61. The minimum Gasteiger partial charge on any atom is -0.371 e. The van der Waals surface area contributed by atoms with Gasteiger partial charge in [-0.2, -0.15) is 5.10 Å². The summed E-state index contributed by atoms with van der Waals surface area (Å²) in [5.41, 5.74) is 2.45. The molecule has 0 aliphatic carbocycles. The van der Waals surface area contributed by atoms with E-state index in [2.05, 4.69) is 39.6 Å². The van der Waals surface area contributed by atoms with Crippen molar-refractivity contribution >= 4 is 28.6 Å². The number of carbonyl (C=O) groups is 1. The summed E-state index contributed by atoms with van der Waals surface area (Å²) < 4.78 is 8.02. The van der Waals surface area contributed by atoms with Gasteiger partial charge >= 0.3 is 6.03 Å². The van der Waals surface area contributed by atoms with Crippen molar-refractivity contribution in [2.45, 2.75) is 38.5 Å². The molecular formula is C24H32N8O2. The van der Waals surface area contributed by atoms with E-state index in [1.165, 1.54) is 0 Å². The number of nitrogens with zero attached hydrogens (tertiary/aromatic N) is 6. The fourth-order valence-electron chi connectivity index (χ4n) is 4.60. The van der Waals surface area contributed by atoms with E-state index in [-0.39, 0.29) is 18.2 Å². The molecule has 2 aromatic heterocycles. The maximum Gasteiger partial charge on any atom is 0.319 e. The molecule has 2 amide bonds. The molecule has 0 saturated carbocycles. The zero-order valence-corrected chi connectivity index (χ0v) is 20.0. The number of nitrogens with one attached hydrogen (secondary N) is 2. The van der Waals surface area contributed by atoms with E-state index in [0.29, 0.717) is 12.4 Å². The Kier molecular flexibility index (Phi) is 6.34. The van der Waals surface area contributed by atoms with Gasteiger partial charge in [0, 0.05) is 37.4 Å². The molecule has 4 heterocycles. The molecule has 1 aromatic carbocycles. The molecule has 0 radical (unpaired) electrons. The minimum absolute atomic E-state index is 0.220. The lowest BCUT2D eigenvalue weighted by molar-refractivity contribution is 0.0303. The molecule has 0 spiro atoms. The van der Waals surface area contributed by atoms with E-state index < -0.39 is 0 Å². The first-order chi connectivity index (χ1) is 16.5. The van der Waals surface area contributed by atoms with E-state index in [9.17, 15) is 4.79 Å². The predicted molar refractivity (Wildman–Crippen MR) is 132 cm³/mol. The van der Waals surface area contributed by atoms with Crippen LogP contribution in [0.3, 0.4) is 0 Å². The first-order valence-corrected chi connectivity index (χ1v) is 11.9. The van der Waals surface area contributed by atoms with Crippen LogP contribution in [0.4, 0.5) is 16.3 Å². The van der Waals surface area contributed by atoms with Gasteiger partial charge in [-0.1, -0.05) is 0 Å². The molecule has 2 aliphatic heterocycles.